The normalized spacial score (nSPS) is 21.4. The molecule has 0 saturated carbocycles. The van der Waals surface area contributed by atoms with Crippen LogP contribution in [-0.2, 0) is 4.79 Å². The highest BCUT2D eigenvalue weighted by Gasteiger charge is 2.29. The van der Waals surface area contributed by atoms with E-state index in [1.54, 1.807) is 24.7 Å². The van der Waals surface area contributed by atoms with Gasteiger partial charge in [0.05, 0.1) is 11.9 Å². The minimum Gasteiger partial charge on any atom is -0.386 e. The Bertz CT molecular complexity index is 1520. The summed E-state index contributed by atoms with van der Waals surface area (Å²) < 4.78 is 15.9. The number of aryl methyl sites for hydroxylation is 1. The number of likely N-dealkylation sites (tertiary alicyclic amines) is 1. The van der Waals surface area contributed by atoms with Gasteiger partial charge in [0, 0.05) is 68.2 Å². The largest absolute Gasteiger partial charge is 0.386 e. The molecule has 2 amide bonds. The number of imidazole rings is 1. The zero-order valence-electron chi connectivity index (χ0n) is 22.9. The first-order chi connectivity index (χ1) is 19.9. The predicted molar refractivity (Wildman–Crippen MR) is 153 cm³/mol. The molecule has 2 aliphatic heterocycles. The first kappa shape index (κ1) is 27.1. The number of piperidine rings is 1. The summed E-state index contributed by atoms with van der Waals surface area (Å²) in [6.07, 6.45) is 8.24. The molecule has 2 saturated heterocycles. The van der Waals surface area contributed by atoms with Crippen LogP contribution in [0.4, 0.5) is 15.9 Å². The lowest BCUT2D eigenvalue weighted by atomic mass is 9.94. The maximum absolute atomic E-state index is 14.1. The van der Waals surface area contributed by atoms with Gasteiger partial charge >= 0.3 is 0 Å². The van der Waals surface area contributed by atoms with E-state index in [9.17, 15) is 19.1 Å². The highest BCUT2D eigenvalue weighted by molar-refractivity contribution is 5.96. The molecular formula is C30H34FN7O3. The molecule has 0 spiro atoms. The maximum atomic E-state index is 14.1. The van der Waals surface area contributed by atoms with Crippen molar-refractivity contribution in [3.63, 3.8) is 0 Å². The summed E-state index contributed by atoms with van der Waals surface area (Å²) in [5.74, 6) is 1.06. The fraction of sp³-hybridized carbons (Fsp3) is 0.400. The lowest BCUT2D eigenvalue weighted by molar-refractivity contribution is -0.126. The molecule has 3 aromatic rings. The van der Waals surface area contributed by atoms with Crippen LogP contribution in [-0.4, -0.2) is 81.2 Å². The van der Waals surface area contributed by atoms with Gasteiger partial charge in [0.25, 0.3) is 5.91 Å². The number of halogens is 1. The van der Waals surface area contributed by atoms with Crippen LogP contribution in [0, 0.1) is 18.8 Å². The van der Waals surface area contributed by atoms with E-state index in [2.05, 4.69) is 25.9 Å². The van der Waals surface area contributed by atoms with Crippen LogP contribution in [0.1, 0.15) is 34.5 Å². The first-order valence-corrected chi connectivity index (χ1v) is 14.1. The number of nitrogens with zero attached hydrogens (tertiary/aromatic N) is 4. The van der Waals surface area contributed by atoms with Gasteiger partial charge in [-0.25, -0.2) is 14.4 Å². The fourth-order valence-electron chi connectivity index (χ4n) is 5.54. The lowest BCUT2D eigenvalue weighted by Crippen LogP contribution is -2.50. The number of rotatable bonds is 7. The van der Waals surface area contributed by atoms with Crippen LogP contribution >= 0.6 is 0 Å². The van der Waals surface area contributed by atoms with E-state index in [1.165, 1.54) is 12.2 Å². The smallest absolute Gasteiger partial charge is 0.254 e. The van der Waals surface area contributed by atoms with Crippen molar-refractivity contribution in [1.82, 2.24) is 29.9 Å². The average Bonchev–Trinajstić information content (AvgIpc) is 3.39. The Kier molecular flexibility index (Phi) is 7.55. The van der Waals surface area contributed by atoms with Gasteiger partial charge in [0.15, 0.2) is 11.5 Å². The van der Waals surface area contributed by atoms with Crippen LogP contribution in [0.5, 0.6) is 0 Å². The quantitative estimate of drug-likeness (QED) is 0.351. The number of aromatic nitrogens is 3. The number of anilines is 2. The molecule has 4 N–H and O–H groups in total. The van der Waals surface area contributed by atoms with Gasteiger partial charge in [-0.15, -0.1) is 0 Å². The highest BCUT2D eigenvalue weighted by Crippen LogP contribution is 2.28. The van der Waals surface area contributed by atoms with Crippen molar-refractivity contribution in [3.05, 3.63) is 71.8 Å². The van der Waals surface area contributed by atoms with Gasteiger partial charge in [0.1, 0.15) is 12.3 Å². The molecule has 214 valence electrons. The molecule has 0 bridgehead atoms. The molecule has 2 atom stereocenters. The minimum atomic E-state index is -1.48. The van der Waals surface area contributed by atoms with Gasteiger partial charge in [-0.1, -0.05) is 12.2 Å². The third kappa shape index (κ3) is 5.59. The summed E-state index contributed by atoms with van der Waals surface area (Å²) in [5, 5.41) is 19.2. The zero-order chi connectivity index (χ0) is 28.5. The van der Waals surface area contributed by atoms with Gasteiger partial charge in [0.2, 0.25) is 5.91 Å². The molecule has 10 nitrogen and oxygen atoms in total. The number of nitrogens with one attached hydrogen (secondary N) is 3. The second-order valence-electron chi connectivity index (χ2n) is 11.0. The van der Waals surface area contributed by atoms with Crippen molar-refractivity contribution in [2.45, 2.75) is 32.0 Å². The molecule has 2 unspecified atom stereocenters. The molecule has 41 heavy (non-hydrogen) atoms. The van der Waals surface area contributed by atoms with E-state index < -0.39 is 12.3 Å². The molecule has 3 aliphatic rings. The SMILES string of the molecule is Cc1cc(Nc2nccn3c(C4=CC(F)C(O)C=C4)cnc23)ccc1C(=O)N1CCC(C(=O)NCC2CNC2)CC1. The number of fused-ring (bicyclic) bond motifs is 1. The Balaban J connectivity index is 1.10. The molecule has 2 fully saturated rings. The lowest BCUT2D eigenvalue weighted by Gasteiger charge is -2.33. The number of alkyl halides is 1. The Hall–Kier alpha value is -4.09. The summed E-state index contributed by atoms with van der Waals surface area (Å²) in [6, 6.07) is 5.55. The second kappa shape index (κ2) is 11.4. The summed E-state index contributed by atoms with van der Waals surface area (Å²) in [6.45, 7) is 5.66. The van der Waals surface area contributed by atoms with Crippen molar-refractivity contribution >= 4 is 34.5 Å². The minimum absolute atomic E-state index is 0.0309. The van der Waals surface area contributed by atoms with E-state index in [0.29, 0.717) is 60.1 Å². The predicted octanol–water partition coefficient (Wildman–Crippen LogP) is 2.62. The highest BCUT2D eigenvalue weighted by atomic mass is 19.1. The molecule has 11 heteroatoms. The molecular weight excluding hydrogens is 525 g/mol. The van der Waals surface area contributed by atoms with E-state index >= 15 is 0 Å². The van der Waals surface area contributed by atoms with E-state index in [4.69, 9.17) is 0 Å². The Morgan fingerprint density at radius 3 is 2.71 bits per heavy atom. The molecule has 0 radical (unpaired) electrons. The second-order valence-corrected chi connectivity index (χ2v) is 11.0. The van der Waals surface area contributed by atoms with Gasteiger partial charge in [-0.05, 0) is 55.2 Å². The van der Waals surface area contributed by atoms with Crippen LogP contribution in [0.2, 0.25) is 0 Å². The van der Waals surface area contributed by atoms with Crippen LogP contribution in [0.3, 0.4) is 0 Å². The number of carbonyl (C=O) groups excluding carboxylic acids is 2. The van der Waals surface area contributed by atoms with E-state index in [-0.39, 0.29) is 17.7 Å². The van der Waals surface area contributed by atoms with Crippen molar-refractivity contribution in [2.75, 3.05) is 38.0 Å². The fourth-order valence-corrected chi connectivity index (χ4v) is 5.54. The molecule has 1 aromatic carbocycles. The third-order valence-corrected chi connectivity index (χ3v) is 8.17. The summed E-state index contributed by atoms with van der Waals surface area (Å²) in [5.41, 5.74) is 4.09. The van der Waals surface area contributed by atoms with Gasteiger partial charge < -0.3 is 26.0 Å². The van der Waals surface area contributed by atoms with Crippen LogP contribution < -0.4 is 16.0 Å². The third-order valence-electron chi connectivity index (χ3n) is 8.17. The number of aliphatic hydroxyl groups is 1. The number of benzene rings is 1. The topological polar surface area (TPSA) is 124 Å². The summed E-state index contributed by atoms with van der Waals surface area (Å²) >= 11 is 0. The number of hydrogen-bond acceptors (Lipinski definition) is 7. The summed E-state index contributed by atoms with van der Waals surface area (Å²) in [7, 11) is 0. The van der Waals surface area contributed by atoms with Crippen LogP contribution in [0.25, 0.3) is 11.2 Å². The Labute approximate surface area is 237 Å². The Morgan fingerprint density at radius 2 is 2.00 bits per heavy atom. The Morgan fingerprint density at radius 1 is 1.20 bits per heavy atom. The summed E-state index contributed by atoms with van der Waals surface area (Å²) in [4.78, 5) is 36.6. The number of aliphatic hydroxyl groups excluding tert-OH is 1. The molecule has 2 aromatic heterocycles. The standard InChI is InChI=1S/C30H34FN7O3/c1-18-12-22(36-27-28-34-17-25(38(28)11-8-33-27)21-2-5-26(39)24(31)13-21)3-4-23(18)30(41)37-9-6-20(7-10-37)29(40)35-16-19-14-32-15-19/h2-5,8,11-13,17,19-20,24,26,32,39H,6-7,9-10,14-16H2,1H3,(H,33,36)(H,35,40). The zero-order valence-corrected chi connectivity index (χ0v) is 22.9. The average molecular weight is 560 g/mol. The first-order valence-electron chi connectivity index (χ1n) is 14.1. The van der Waals surface area contributed by atoms with Crippen molar-refractivity contribution in [2.24, 2.45) is 11.8 Å². The van der Waals surface area contributed by atoms with Crippen molar-refractivity contribution in [1.29, 1.82) is 0 Å². The molecule has 4 heterocycles. The number of amides is 2. The van der Waals surface area contributed by atoms with Crippen molar-refractivity contribution < 1.29 is 19.1 Å². The maximum Gasteiger partial charge on any atom is 0.254 e. The van der Waals surface area contributed by atoms with Crippen LogP contribution in [0.15, 0.2) is 55.0 Å². The number of carbonyl (C=O) groups is 2. The van der Waals surface area contributed by atoms with Crippen molar-refractivity contribution in [3.8, 4) is 0 Å². The molecule has 1 aliphatic carbocycles. The van der Waals surface area contributed by atoms with Gasteiger partial charge in [-0.3, -0.25) is 14.0 Å². The van der Waals surface area contributed by atoms with E-state index in [1.807, 2.05) is 34.4 Å². The number of allylic oxidation sites excluding steroid dienone is 2. The van der Waals surface area contributed by atoms with E-state index in [0.717, 1.165) is 30.9 Å². The number of hydrogen-bond donors (Lipinski definition) is 4. The molecule has 6 rings (SSSR count). The monoisotopic (exact) mass is 559 g/mol. The van der Waals surface area contributed by atoms with Gasteiger partial charge in [-0.2, -0.15) is 0 Å².